The predicted molar refractivity (Wildman–Crippen MR) is 90.4 cm³/mol. The number of fused-ring (bicyclic) bond motifs is 1. The van der Waals surface area contributed by atoms with Crippen LogP contribution in [-0.2, 0) is 28.6 Å². The van der Waals surface area contributed by atoms with Crippen molar-refractivity contribution in [1.82, 2.24) is 0 Å². The van der Waals surface area contributed by atoms with Crippen LogP contribution in [0.3, 0.4) is 0 Å². The topological polar surface area (TPSA) is 78.9 Å². The summed E-state index contributed by atoms with van der Waals surface area (Å²) < 4.78 is 16.2. The first kappa shape index (κ1) is 19.0. The van der Waals surface area contributed by atoms with Gasteiger partial charge >= 0.3 is 17.9 Å². The molecule has 1 aliphatic heterocycles. The van der Waals surface area contributed by atoms with Gasteiger partial charge in [-0.3, -0.25) is 9.59 Å². The van der Waals surface area contributed by atoms with E-state index in [1.807, 2.05) is 13.0 Å². The van der Waals surface area contributed by atoms with Gasteiger partial charge in [0.2, 0.25) is 0 Å². The van der Waals surface area contributed by atoms with Crippen molar-refractivity contribution in [2.24, 2.45) is 5.92 Å². The first-order chi connectivity index (χ1) is 11.7. The summed E-state index contributed by atoms with van der Waals surface area (Å²) in [6.45, 7) is 12.4. The van der Waals surface area contributed by atoms with E-state index in [0.29, 0.717) is 30.4 Å². The van der Waals surface area contributed by atoms with Crippen molar-refractivity contribution in [2.75, 3.05) is 0 Å². The van der Waals surface area contributed by atoms with Crippen molar-refractivity contribution >= 4 is 17.9 Å². The van der Waals surface area contributed by atoms with Gasteiger partial charge in [-0.2, -0.15) is 0 Å². The first-order valence-electron chi connectivity index (χ1n) is 8.26. The Labute approximate surface area is 147 Å². The minimum atomic E-state index is -0.596. The molecule has 1 saturated heterocycles. The predicted octanol–water partition coefficient (Wildman–Crippen LogP) is 2.63. The van der Waals surface area contributed by atoms with Gasteiger partial charge in [0, 0.05) is 38.2 Å². The Morgan fingerprint density at radius 2 is 1.80 bits per heavy atom. The van der Waals surface area contributed by atoms with Crippen LogP contribution in [-0.4, -0.2) is 36.2 Å². The number of hydrogen-bond donors (Lipinski definition) is 0. The van der Waals surface area contributed by atoms with E-state index in [-0.39, 0.29) is 12.0 Å². The lowest BCUT2D eigenvalue weighted by atomic mass is 9.84. The molecular weight excluding hydrogens is 324 g/mol. The lowest BCUT2D eigenvalue weighted by Crippen LogP contribution is -2.30. The molecule has 6 heteroatoms. The van der Waals surface area contributed by atoms with Gasteiger partial charge < -0.3 is 14.2 Å². The molecule has 0 amide bonds. The third-order valence-electron chi connectivity index (χ3n) is 4.42. The lowest BCUT2D eigenvalue weighted by Gasteiger charge is -2.28. The monoisotopic (exact) mass is 348 g/mol. The van der Waals surface area contributed by atoms with E-state index < -0.39 is 30.1 Å². The maximum atomic E-state index is 11.9. The number of carbonyl (C=O) groups excluding carboxylic acids is 3. The van der Waals surface area contributed by atoms with Gasteiger partial charge in [0.1, 0.15) is 18.3 Å². The smallest absolute Gasteiger partial charge is 0.334 e. The van der Waals surface area contributed by atoms with Gasteiger partial charge in [-0.25, -0.2) is 4.79 Å². The van der Waals surface area contributed by atoms with Crippen LogP contribution in [0.25, 0.3) is 0 Å². The van der Waals surface area contributed by atoms with Crippen LogP contribution < -0.4 is 0 Å². The summed E-state index contributed by atoms with van der Waals surface area (Å²) in [6, 6.07) is 0. The summed E-state index contributed by atoms with van der Waals surface area (Å²) in [5.74, 6) is -1.51. The van der Waals surface area contributed by atoms with Crippen LogP contribution in [0, 0.1) is 5.92 Å². The summed E-state index contributed by atoms with van der Waals surface area (Å²) in [5, 5.41) is 0. The Bertz CT molecular complexity index is 644. The van der Waals surface area contributed by atoms with Crippen molar-refractivity contribution in [3.63, 3.8) is 0 Å². The second-order valence-corrected chi connectivity index (χ2v) is 6.64. The van der Waals surface area contributed by atoms with E-state index in [1.165, 1.54) is 13.8 Å². The number of rotatable bonds is 2. The van der Waals surface area contributed by atoms with E-state index in [2.05, 4.69) is 13.2 Å². The molecule has 1 fully saturated rings. The molecule has 0 spiro atoms. The molecule has 0 radical (unpaired) electrons. The third-order valence-corrected chi connectivity index (χ3v) is 4.42. The van der Waals surface area contributed by atoms with E-state index >= 15 is 0 Å². The standard InChI is InChI=1S/C19H24O6/c1-10-6-15(23-13(4)20)8-11(2)17(24-14(5)21)9-16-12(3)19(22)25-18(16)7-10/h6,15-18H,2-3,7-9H2,1,4-5H3/b10-6+/t15-,16+,17-,18-/m0/s1. The SMILES string of the molecule is C=C1C[C@@H](OC(C)=O)/C=C(\C)C[C@@H]2OC(=O)C(=C)[C@H]2C[C@@H]1OC(C)=O. The van der Waals surface area contributed by atoms with Crippen molar-refractivity contribution in [2.45, 2.75) is 58.3 Å². The van der Waals surface area contributed by atoms with E-state index in [0.717, 1.165) is 5.57 Å². The van der Waals surface area contributed by atoms with Crippen molar-refractivity contribution < 1.29 is 28.6 Å². The zero-order valence-corrected chi connectivity index (χ0v) is 14.9. The average molecular weight is 348 g/mol. The summed E-state index contributed by atoms with van der Waals surface area (Å²) in [4.78, 5) is 34.8. The minimum Gasteiger partial charge on any atom is -0.458 e. The summed E-state index contributed by atoms with van der Waals surface area (Å²) in [6.07, 6.45) is 1.57. The van der Waals surface area contributed by atoms with Crippen LogP contribution in [0.4, 0.5) is 0 Å². The highest BCUT2D eigenvalue weighted by Crippen LogP contribution is 2.37. The Morgan fingerprint density at radius 1 is 1.16 bits per heavy atom. The largest absolute Gasteiger partial charge is 0.458 e. The highest BCUT2D eigenvalue weighted by Gasteiger charge is 2.41. The van der Waals surface area contributed by atoms with E-state index in [9.17, 15) is 14.4 Å². The molecule has 0 aromatic heterocycles. The quantitative estimate of drug-likeness (QED) is 0.330. The fraction of sp³-hybridized carbons (Fsp3) is 0.526. The molecule has 136 valence electrons. The molecule has 2 aliphatic rings. The third kappa shape index (κ3) is 4.81. The van der Waals surface area contributed by atoms with Gasteiger partial charge in [-0.1, -0.05) is 18.7 Å². The summed E-state index contributed by atoms with van der Waals surface area (Å²) >= 11 is 0. The van der Waals surface area contributed by atoms with Crippen molar-refractivity contribution in [3.05, 3.63) is 36.0 Å². The Morgan fingerprint density at radius 3 is 2.40 bits per heavy atom. The fourth-order valence-electron chi connectivity index (χ4n) is 3.32. The van der Waals surface area contributed by atoms with Gasteiger partial charge in [0.25, 0.3) is 0 Å². The Balaban J connectivity index is 2.35. The van der Waals surface area contributed by atoms with Crippen LogP contribution in [0.1, 0.15) is 40.0 Å². The number of ether oxygens (including phenoxy) is 3. The molecule has 0 aromatic carbocycles. The molecule has 0 N–H and O–H groups in total. The van der Waals surface area contributed by atoms with Crippen molar-refractivity contribution in [1.29, 1.82) is 0 Å². The summed E-state index contributed by atoms with van der Waals surface area (Å²) in [5.41, 5.74) is 1.96. The second-order valence-electron chi connectivity index (χ2n) is 6.64. The van der Waals surface area contributed by atoms with Crippen molar-refractivity contribution in [3.8, 4) is 0 Å². The van der Waals surface area contributed by atoms with E-state index in [1.54, 1.807) is 0 Å². The summed E-state index contributed by atoms with van der Waals surface area (Å²) in [7, 11) is 0. The van der Waals surface area contributed by atoms with Gasteiger partial charge in [0.05, 0.1) is 0 Å². The Hall–Kier alpha value is -2.37. The van der Waals surface area contributed by atoms with E-state index in [4.69, 9.17) is 14.2 Å². The molecule has 25 heavy (non-hydrogen) atoms. The highest BCUT2D eigenvalue weighted by atomic mass is 16.6. The number of esters is 3. The molecule has 2 rings (SSSR count). The second kappa shape index (κ2) is 7.68. The molecule has 1 aliphatic carbocycles. The zero-order chi connectivity index (χ0) is 18.7. The first-order valence-corrected chi connectivity index (χ1v) is 8.26. The molecule has 1 heterocycles. The van der Waals surface area contributed by atoms with Crippen LogP contribution in [0.2, 0.25) is 0 Å². The molecule has 0 bridgehead atoms. The normalized spacial score (nSPS) is 32.1. The maximum Gasteiger partial charge on any atom is 0.334 e. The average Bonchev–Trinajstić information content (AvgIpc) is 2.72. The molecule has 0 aromatic rings. The van der Waals surface area contributed by atoms with Crippen LogP contribution >= 0.6 is 0 Å². The molecule has 0 saturated carbocycles. The van der Waals surface area contributed by atoms with Gasteiger partial charge in [0.15, 0.2) is 0 Å². The molecule has 6 nitrogen and oxygen atoms in total. The van der Waals surface area contributed by atoms with Gasteiger partial charge in [-0.15, -0.1) is 0 Å². The molecular formula is C19H24O6. The maximum absolute atomic E-state index is 11.9. The molecule has 0 unspecified atom stereocenters. The minimum absolute atomic E-state index is 0.248. The van der Waals surface area contributed by atoms with Crippen LogP contribution in [0.5, 0.6) is 0 Å². The Kier molecular flexibility index (Phi) is 5.82. The van der Waals surface area contributed by atoms with Gasteiger partial charge in [-0.05, 0) is 25.0 Å². The number of carbonyl (C=O) groups is 3. The molecule has 4 atom stereocenters. The highest BCUT2D eigenvalue weighted by molar-refractivity contribution is 5.90. The lowest BCUT2D eigenvalue weighted by molar-refractivity contribution is -0.148. The van der Waals surface area contributed by atoms with Crippen LogP contribution in [0.15, 0.2) is 36.0 Å². The zero-order valence-electron chi connectivity index (χ0n) is 14.9. The number of hydrogen-bond acceptors (Lipinski definition) is 6. The fourth-order valence-corrected chi connectivity index (χ4v) is 3.32.